The van der Waals surface area contributed by atoms with E-state index in [1.54, 1.807) is 0 Å². The number of nitrogens with two attached hydrogens (primary N) is 1. The van der Waals surface area contributed by atoms with E-state index >= 15 is 0 Å². The molecule has 0 aromatic rings. The zero-order chi connectivity index (χ0) is 13.8. The van der Waals surface area contributed by atoms with Gasteiger partial charge in [-0.25, -0.2) is 0 Å². The van der Waals surface area contributed by atoms with E-state index < -0.39 is 0 Å². The zero-order valence-electron chi connectivity index (χ0n) is 12.3. The SMILES string of the molecule is CCC1CCC(C)N1CCCC(C)(C)C(N)=NO. The van der Waals surface area contributed by atoms with Crippen LogP contribution in [0.2, 0.25) is 0 Å². The lowest BCUT2D eigenvalue weighted by Gasteiger charge is -2.29. The third-order valence-electron chi connectivity index (χ3n) is 4.44. The van der Waals surface area contributed by atoms with Crippen LogP contribution in [0.5, 0.6) is 0 Å². The highest BCUT2D eigenvalue weighted by Crippen LogP contribution is 2.28. The highest BCUT2D eigenvalue weighted by molar-refractivity contribution is 5.85. The van der Waals surface area contributed by atoms with Gasteiger partial charge in [-0.1, -0.05) is 25.9 Å². The zero-order valence-corrected chi connectivity index (χ0v) is 12.3. The average Bonchev–Trinajstić information content (AvgIpc) is 2.69. The fraction of sp³-hybridized carbons (Fsp3) is 0.929. The van der Waals surface area contributed by atoms with Gasteiger partial charge in [-0.2, -0.15) is 0 Å². The molecule has 4 heteroatoms. The predicted molar refractivity (Wildman–Crippen MR) is 75.9 cm³/mol. The summed E-state index contributed by atoms with van der Waals surface area (Å²) in [6.07, 6.45) is 5.96. The Balaban J connectivity index is 2.41. The van der Waals surface area contributed by atoms with Crippen molar-refractivity contribution < 1.29 is 5.21 Å². The van der Waals surface area contributed by atoms with Crippen LogP contribution in [-0.2, 0) is 0 Å². The Kier molecular flexibility index (Phi) is 5.45. The lowest BCUT2D eigenvalue weighted by atomic mass is 9.86. The maximum Gasteiger partial charge on any atom is 0.144 e. The number of hydrogen-bond donors (Lipinski definition) is 2. The van der Waals surface area contributed by atoms with Gasteiger partial charge in [-0.15, -0.1) is 0 Å². The van der Waals surface area contributed by atoms with Crippen molar-refractivity contribution in [2.45, 2.75) is 71.9 Å². The second-order valence-corrected chi connectivity index (χ2v) is 6.20. The van der Waals surface area contributed by atoms with E-state index in [2.05, 4.69) is 23.9 Å². The minimum Gasteiger partial charge on any atom is -0.409 e. The van der Waals surface area contributed by atoms with Crippen molar-refractivity contribution in [3.8, 4) is 0 Å². The predicted octanol–water partition coefficient (Wildman–Crippen LogP) is 2.80. The molecular weight excluding hydrogens is 226 g/mol. The monoisotopic (exact) mass is 255 g/mol. The van der Waals surface area contributed by atoms with E-state index in [0.29, 0.717) is 11.9 Å². The quantitative estimate of drug-likeness (QED) is 0.332. The number of nitrogens with zero attached hydrogens (tertiary/aromatic N) is 2. The van der Waals surface area contributed by atoms with Gasteiger partial charge in [0.2, 0.25) is 0 Å². The molecule has 2 atom stereocenters. The van der Waals surface area contributed by atoms with Gasteiger partial charge in [0.05, 0.1) is 0 Å². The molecule has 106 valence electrons. The summed E-state index contributed by atoms with van der Waals surface area (Å²) in [5, 5.41) is 11.9. The van der Waals surface area contributed by atoms with Crippen molar-refractivity contribution in [2.24, 2.45) is 16.3 Å². The average molecular weight is 255 g/mol. The Morgan fingerprint density at radius 1 is 1.44 bits per heavy atom. The normalized spacial score (nSPS) is 26.8. The number of rotatable bonds is 6. The molecule has 0 saturated carbocycles. The Morgan fingerprint density at radius 3 is 2.67 bits per heavy atom. The van der Waals surface area contributed by atoms with Crippen LogP contribution in [0.15, 0.2) is 5.16 Å². The standard InChI is InChI=1S/C14H29N3O/c1-5-12-8-7-11(2)17(12)10-6-9-14(3,4)13(15)16-18/h11-12,18H,5-10H2,1-4H3,(H2,15,16). The smallest absolute Gasteiger partial charge is 0.144 e. The fourth-order valence-electron chi connectivity index (χ4n) is 2.93. The molecule has 0 amide bonds. The van der Waals surface area contributed by atoms with Crippen LogP contribution < -0.4 is 5.73 Å². The van der Waals surface area contributed by atoms with Crippen LogP contribution in [0.4, 0.5) is 0 Å². The van der Waals surface area contributed by atoms with Gasteiger partial charge in [0.1, 0.15) is 5.84 Å². The maximum absolute atomic E-state index is 8.76. The van der Waals surface area contributed by atoms with E-state index in [0.717, 1.165) is 25.4 Å². The molecule has 1 saturated heterocycles. The highest BCUT2D eigenvalue weighted by atomic mass is 16.4. The summed E-state index contributed by atoms with van der Waals surface area (Å²) in [6, 6.07) is 1.47. The lowest BCUT2D eigenvalue weighted by molar-refractivity contribution is 0.188. The summed E-state index contributed by atoms with van der Waals surface area (Å²) < 4.78 is 0. The molecule has 1 aliphatic heterocycles. The molecule has 0 aromatic heterocycles. The molecule has 2 unspecified atom stereocenters. The summed E-state index contributed by atoms with van der Waals surface area (Å²) in [7, 11) is 0. The molecule has 0 spiro atoms. The van der Waals surface area contributed by atoms with Gasteiger partial charge < -0.3 is 10.9 Å². The van der Waals surface area contributed by atoms with E-state index in [-0.39, 0.29) is 5.41 Å². The first-order valence-corrected chi connectivity index (χ1v) is 7.16. The Hall–Kier alpha value is -0.770. The van der Waals surface area contributed by atoms with Crippen LogP contribution >= 0.6 is 0 Å². The summed E-state index contributed by atoms with van der Waals surface area (Å²) >= 11 is 0. The third kappa shape index (κ3) is 3.61. The maximum atomic E-state index is 8.76. The number of hydrogen-bond acceptors (Lipinski definition) is 3. The van der Waals surface area contributed by atoms with Gasteiger partial charge in [0, 0.05) is 17.5 Å². The van der Waals surface area contributed by atoms with E-state index in [1.807, 2.05) is 13.8 Å². The van der Waals surface area contributed by atoms with Gasteiger partial charge in [0.25, 0.3) is 0 Å². The van der Waals surface area contributed by atoms with Crippen molar-refractivity contribution in [1.29, 1.82) is 0 Å². The third-order valence-corrected chi connectivity index (χ3v) is 4.44. The van der Waals surface area contributed by atoms with Crippen LogP contribution in [0.1, 0.15) is 59.8 Å². The van der Waals surface area contributed by atoms with Gasteiger partial charge in [0.15, 0.2) is 0 Å². The van der Waals surface area contributed by atoms with Gasteiger partial charge in [-0.05, 0) is 45.6 Å². The molecule has 4 nitrogen and oxygen atoms in total. The Morgan fingerprint density at radius 2 is 2.11 bits per heavy atom. The topological polar surface area (TPSA) is 61.8 Å². The highest BCUT2D eigenvalue weighted by Gasteiger charge is 2.30. The van der Waals surface area contributed by atoms with E-state index in [9.17, 15) is 0 Å². The summed E-state index contributed by atoms with van der Waals surface area (Å²) in [5.41, 5.74) is 5.50. The second kappa shape index (κ2) is 6.41. The lowest BCUT2D eigenvalue weighted by Crippen LogP contribution is -2.37. The largest absolute Gasteiger partial charge is 0.409 e. The molecule has 0 aliphatic carbocycles. The summed E-state index contributed by atoms with van der Waals surface area (Å²) in [4.78, 5) is 2.63. The fourth-order valence-corrected chi connectivity index (χ4v) is 2.93. The molecule has 1 fully saturated rings. The van der Waals surface area contributed by atoms with Crippen LogP contribution in [0.3, 0.4) is 0 Å². The van der Waals surface area contributed by atoms with E-state index in [1.165, 1.54) is 19.3 Å². The van der Waals surface area contributed by atoms with Gasteiger partial charge >= 0.3 is 0 Å². The minimum absolute atomic E-state index is 0.209. The summed E-state index contributed by atoms with van der Waals surface area (Å²) in [5.74, 6) is 0.337. The number of likely N-dealkylation sites (tertiary alicyclic amines) is 1. The van der Waals surface area contributed by atoms with Crippen molar-refractivity contribution in [1.82, 2.24) is 4.90 Å². The molecule has 0 aromatic carbocycles. The minimum atomic E-state index is -0.209. The van der Waals surface area contributed by atoms with Crippen molar-refractivity contribution in [2.75, 3.05) is 6.54 Å². The van der Waals surface area contributed by atoms with Crippen molar-refractivity contribution in [3.05, 3.63) is 0 Å². The summed E-state index contributed by atoms with van der Waals surface area (Å²) in [6.45, 7) is 9.79. The molecule has 1 rings (SSSR count). The van der Waals surface area contributed by atoms with Crippen molar-refractivity contribution >= 4 is 5.84 Å². The van der Waals surface area contributed by atoms with Crippen LogP contribution in [-0.4, -0.2) is 34.6 Å². The number of amidine groups is 1. The van der Waals surface area contributed by atoms with Gasteiger partial charge in [-0.3, -0.25) is 4.90 Å². The van der Waals surface area contributed by atoms with Crippen LogP contribution in [0.25, 0.3) is 0 Å². The Labute approximate surface area is 111 Å². The first-order chi connectivity index (χ1) is 8.42. The molecule has 0 radical (unpaired) electrons. The molecule has 0 bridgehead atoms. The molecule has 18 heavy (non-hydrogen) atoms. The molecule has 1 heterocycles. The molecule has 3 N–H and O–H groups in total. The second-order valence-electron chi connectivity index (χ2n) is 6.20. The Bertz CT molecular complexity index is 289. The van der Waals surface area contributed by atoms with Crippen LogP contribution in [0, 0.1) is 5.41 Å². The van der Waals surface area contributed by atoms with Crippen molar-refractivity contribution in [3.63, 3.8) is 0 Å². The molecule has 1 aliphatic rings. The molecular formula is C14H29N3O. The first kappa shape index (κ1) is 15.3. The van der Waals surface area contributed by atoms with E-state index in [4.69, 9.17) is 10.9 Å². The number of oxime groups is 1. The first-order valence-electron chi connectivity index (χ1n) is 7.16.